The maximum absolute atomic E-state index is 11.3. The van der Waals surface area contributed by atoms with Gasteiger partial charge in [-0.1, -0.05) is 71.2 Å². The molecule has 0 aromatic carbocycles. The molecule has 0 aliphatic heterocycles. The number of ether oxygens (including phenoxy) is 1. The fraction of sp³-hybridized carbons (Fsp3) is 0.368. The summed E-state index contributed by atoms with van der Waals surface area (Å²) in [6, 6.07) is 0. The van der Waals surface area contributed by atoms with Crippen molar-refractivity contribution in [2.24, 2.45) is 0 Å². The maximum Gasteiger partial charge on any atom is 0.311 e. The Balaban J connectivity index is 0. The highest BCUT2D eigenvalue weighted by molar-refractivity contribution is 5.71. The van der Waals surface area contributed by atoms with Crippen molar-refractivity contribution in [3.05, 3.63) is 67.3 Å². The lowest BCUT2D eigenvalue weighted by molar-refractivity contribution is -0.139. The fourth-order valence-electron chi connectivity index (χ4n) is 1.56. The van der Waals surface area contributed by atoms with Crippen LogP contribution in [-0.2, 0) is 22.5 Å². The second-order valence-electron chi connectivity index (χ2n) is 3.84. The molecule has 1 aromatic heterocycles. The van der Waals surface area contributed by atoms with Crippen LogP contribution >= 0.6 is 0 Å². The molecule has 128 valence electrons. The van der Waals surface area contributed by atoms with Crippen LogP contribution in [0.2, 0.25) is 0 Å². The number of aromatic nitrogens is 2. The van der Waals surface area contributed by atoms with Crippen molar-refractivity contribution in [2.45, 2.75) is 40.7 Å². The minimum Gasteiger partial charge on any atom is -0.469 e. The van der Waals surface area contributed by atoms with Gasteiger partial charge in [0, 0.05) is 18.4 Å². The van der Waals surface area contributed by atoms with Crippen LogP contribution in [0.1, 0.15) is 33.4 Å². The molecule has 4 nitrogen and oxygen atoms in total. The molecule has 0 radical (unpaired) electrons. The number of nitrogens with zero attached hydrogens (tertiary/aromatic N) is 2. The van der Waals surface area contributed by atoms with Gasteiger partial charge in [-0.3, -0.25) is 4.79 Å². The molecule has 1 rings (SSSR count). The van der Waals surface area contributed by atoms with Gasteiger partial charge in [-0.15, -0.1) is 0 Å². The van der Waals surface area contributed by atoms with Gasteiger partial charge < -0.3 is 9.30 Å². The Labute approximate surface area is 140 Å². The molecule has 0 bridgehead atoms. The predicted octanol–water partition coefficient (Wildman–Crippen LogP) is 4.51. The molecule has 0 aliphatic carbocycles. The fourth-order valence-corrected chi connectivity index (χ4v) is 1.56. The van der Waals surface area contributed by atoms with E-state index in [2.05, 4.69) is 22.9 Å². The molecule has 0 aliphatic rings. The van der Waals surface area contributed by atoms with Crippen LogP contribution in [-0.4, -0.2) is 22.6 Å². The van der Waals surface area contributed by atoms with Crippen molar-refractivity contribution in [2.75, 3.05) is 7.11 Å². The van der Waals surface area contributed by atoms with E-state index < -0.39 is 0 Å². The number of imidazole rings is 1. The third-order valence-electron chi connectivity index (χ3n) is 2.48. The van der Waals surface area contributed by atoms with E-state index in [1.54, 1.807) is 24.7 Å². The third kappa shape index (κ3) is 10.1. The summed E-state index contributed by atoms with van der Waals surface area (Å²) in [5.74, 6) is -0.280. The summed E-state index contributed by atoms with van der Waals surface area (Å²) in [5, 5.41) is 0. The topological polar surface area (TPSA) is 44.1 Å². The summed E-state index contributed by atoms with van der Waals surface area (Å²) in [6.45, 7) is 15.9. The Morgan fingerprint density at radius 2 is 1.91 bits per heavy atom. The summed E-state index contributed by atoms with van der Waals surface area (Å²) in [6.07, 6.45) is 12.7. The Kier molecular flexibility index (Phi) is 16.0. The first-order valence-electron chi connectivity index (χ1n) is 7.87. The Morgan fingerprint density at radius 1 is 1.26 bits per heavy atom. The lowest BCUT2D eigenvalue weighted by Gasteiger charge is -2.08. The number of hydrogen-bond donors (Lipinski definition) is 0. The number of esters is 1. The lowest BCUT2D eigenvalue weighted by atomic mass is 10.2. The van der Waals surface area contributed by atoms with Crippen molar-refractivity contribution in [1.82, 2.24) is 9.55 Å². The highest BCUT2D eigenvalue weighted by Crippen LogP contribution is 2.08. The molecule has 4 heteroatoms. The van der Waals surface area contributed by atoms with E-state index in [4.69, 9.17) is 0 Å². The molecule has 0 saturated carbocycles. The first-order chi connectivity index (χ1) is 11.2. The second kappa shape index (κ2) is 16.0. The van der Waals surface area contributed by atoms with Gasteiger partial charge in [0.1, 0.15) is 0 Å². The third-order valence-corrected chi connectivity index (χ3v) is 2.48. The number of hydrogen-bond acceptors (Lipinski definition) is 3. The van der Waals surface area contributed by atoms with Gasteiger partial charge in [-0.05, 0) is 5.57 Å². The number of carbonyl (C=O) groups is 1. The van der Waals surface area contributed by atoms with Crippen LogP contribution in [0.5, 0.6) is 0 Å². The van der Waals surface area contributed by atoms with E-state index in [9.17, 15) is 4.79 Å². The summed E-state index contributed by atoms with van der Waals surface area (Å²) in [4.78, 5) is 15.4. The quantitative estimate of drug-likeness (QED) is 0.549. The molecule has 0 spiro atoms. The van der Waals surface area contributed by atoms with Crippen molar-refractivity contribution >= 4 is 5.97 Å². The highest BCUT2D eigenvalue weighted by atomic mass is 16.5. The first kappa shape index (κ1) is 22.9. The minimum absolute atomic E-state index is 0.211. The zero-order chi connectivity index (χ0) is 18.1. The van der Waals surface area contributed by atoms with Crippen molar-refractivity contribution in [3.63, 3.8) is 0 Å². The van der Waals surface area contributed by atoms with Crippen LogP contribution in [0.25, 0.3) is 0 Å². The molecule has 0 saturated heterocycles. The van der Waals surface area contributed by atoms with E-state index >= 15 is 0 Å². The number of rotatable bonds is 7. The summed E-state index contributed by atoms with van der Waals surface area (Å²) < 4.78 is 6.56. The number of carbonyl (C=O) groups excluding carboxylic acids is 1. The molecule has 1 aromatic rings. The van der Waals surface area contributed by atoms with Gasteiger partial charge in [0.15, 0.2) is 0 Å². The second-order valence-corrected chi connectivity index (χ2v) is 3.84. The van der Waals surface area contributed by atoms with Crippen LogP contribution in [0, 0.1) is 0 Å². The first-order valence-corrected chi connectivity index (χ1v) is 7.87. The smallest absolute Gasteiger partial charge is 0.311 e. The largest absolute Gasteiger partial charge is 0.469 e. The maximum atomic E-state index is 11.3. The molecule has 23 heavy (non-hydrogen) atoms. The SMILES string of the molecule is C=C/C=C\C(=C/C=C)Cn1cncc1CC(=O)OC.CC.CC. The van der Waals surface area contributed by atoms with E-state index in [1.807, 2.05) is 50.5 Å². The van der Waals surface area contributed by atoms with Crippen LogP contribution in [0.15, 0.2) is 61.6 Å². The molecule has 0 N–H and O–H groups in total. The zero-order valence-corrected chi connectivity index (χ0v) is 15.1. The average molecular weight is 318 g/mol. The van der Waals surface area contributed by atoms with Gasteiger partial charge in [0.2, 0.25) is 0 Å². The monoisotopic (exact) mass is 318 g/mol. The summed E-state index contributed by atoms with van der Waals surface area (Å²) in [7, 11) is 1.37. The van der Waals surface area contributed by atoms with E-state index in [0.717, 1.165) is 11.3 Å². The van der Waals surface area contributed by atoms with Gasteiger partial charge in [-0.2, -0.15) is 0 Å². The zero-order valence-electron chi connectivity index (χ0n) is 15.1. The molecule has 0 amide bonds. The molecule has 0 fully saturated rings. The van der Waals surface area contributed by atoms with Gasteiger partial charge in [0.05, 0.1) is 19.9 Å². The Hall–Kier alpha value is -2.36. The highest BCUT2D eigenvalue weighted by Gasteiger charge is 2.08. The van der Waals surface area contributed by atoms with Crippen molar-refractivity contribution in [1.29, 1.82) is 0 Å². The van der Waals surface area contributed by atoms with Gasteiger partial charge >= 0.3 is 5.97 Å². The number of allylic oxidation sites excluding steroid dienone is 6. The van der Waals surface area contributed by atoms with Crippen LogP contribution < -0.4 is 0 Å². The molecule has 0 atom stereocenters. The molecular weight excluding hydrogens is 288 g/mol. The molecule has 1 heterocycles. The van der Waals surface area contributed by atoms with E-state index in [-0.39, 0.29) is 12.4 Å². The lowest BCUT2D eigenvalue weighted by Crippen LogP contribution is -2.10. The van der Waals surface area contributed by atoms with Crippen molar-refractivity contribution in [3.8, 4) is 0 Å². The summed E-state index contributed by atoms with van der Waals surface area (Å²) in [5.41, 5.74) is 1.85. The number of methoxy groups -OCH3 is 1. The van der Waals surface area contributed by atoms with Crippen LogP contribution in [0.3, 0.4) is 0 Å². The van der Waals surface area contributed by atoms with Crippen molar-refractivity contribution < 1.29 is 9.53 Å². The standard InChI is InChI=1S/C15H18N2O2.2C2H6/c1-4-6-8-13(7-5-2)11-17-12-16-10-14(17)9-15(18)19-3;2*1-2/h4-8,10,12H,1-2,9,11H2,3H3;2*1-2H3/b8-6-,13-7+;;. The predicted molar refractivity (Wildman–Crippen MR) is 98.3 cm³/mol. The van der Waals surface area contributed by atoms with Crippen LogP contribution in [0.4, 0.5) is 0 Å². The molecule has 0 unspecified atom stereocenters. The van der Waals surface area contributed by atoms with Gasteiger partial charge in [-0.25, -0.2) is 4.98 Å². The normalized spacial score (nSPS) is 10.0. The van der Waals surface area contributed by atoms with E-state index in [1.165, 1.54) is 7.11 Å². The van der Waals surface area contributed by atoms with Gasteiger partial charge in [0.25, 0.3) is 0 Å². The Morgan fingerprint density at radius 3 is 2.43 bits per heavy atom. The minimum atomic E-state index is -0.280. The Bertz CT molecular complexity index is 511. The molecular formula is C19H30N2O2. The summed E-state index contributed by atoms with van der Waals surface area (Å²) >= 11 is 0. The van der Waals surface area contributed by atoms with E-state index in [0.29, 0.717) is 6.54 Å². The average Bonchev–Trinajstić information content (AvgIpc) is 3.03.